The van der Waals surface area contributed by atoms with Crippen molar-refractivity contribution in [3.05, 3.63) is 29.3 Å². The second-order valence-electron chi connectivity index (χ2n) is 5.24. The number of aromatic hydroxyl groups is 1. The molecule has 1 saturated carbocycles. The Bertz CT molecular complexity index is 453. The fourth-order valence-corrected chi connectivity index (χ4v) is 2.19. The number of amides is 1. The Morgan fingerprint density at radius 1 is 1.50 bits per heavy atom. The molecule has 2 rings (SSSR count). The fourth-order valence-electron chi connectivity index (χ4n) is 2.19. The molecule has 18 heavy (non-hydrogen) atoms. The number of rotatable bonds is 5. The SMILES string of the molecule is Cc1ccc(C(=O)NCC2(CCN)CC2)c(O)c1. The van der Waals surface area contributed by atoms with Crippen molar-refractivity contribution in [2.24, 2.45) is 11.1 Å². The average Bonchev–Trinajstić information content (AvgIpc) is 3.07. The lowest BCUT2D eigenvalue weighted by atomic mass is 10.0. The molecule has 0 unspecified atom stereocenters. The molecule has 98 valence electrons. The highest BCUT2D eigenvalue weighted by Crippen LogP contribution is 2.47. The second kappa shape index (κ2) is 4.98. The van der Waals surface area contributed by atoms with Crippen LogP contribution >= 0.6 is 0 Å². The van der Waals surface area contributed by atoms with Crippen LogP contribution < -0.4 is 11.1 Å². The van der Waals surface area contributed by atoms with Gasteiger partial charge in [-0.3, -0.25) is 4.79 Å². The van der Waals surface area contributed by atoms with E-state index in [1.54, 1.807) is 12.1 Å². The van der Waals surface area contributed by atoms with E-state index in [1.807, 2.05) is 13.0 Å². The number of hydrogen-bond acceptors (Lipinski definition) is 3. The minimum absolute atomic E-state index is 0.0381. The van der Waals surface area contributed by atoms with Gasteiger partial charge in [0, 0.05) is 6.54 Å². The molecule has 0 aliphatic heterocycles. The van der Waals surface area contributed by atoms with E-state index in [4.69, 9.17) is 5.73 Å². The van der Waals surface area contributed by atoms with Gasteiger partial charge < -0.3 is 16.2 Å². The van der Waals surface area contributed by atoms with Crippen molar-refractivity contribution in [3.8, 4) is 5.75 Å². The first-order chi connectivity index (χ1) is 8.56. The zero-order valence-electron chi connectivity index (χ0n) is 10.7. The number of phenolic OH excluding ortho intramolecular Hbond substituents is 1. The Balaban J connectivity index is 1.96. The van der Waals surface area contributed by atoms with Crippen LogP contribution in [0.4, 0.5) is 0 Å². The Hall–Kier alpha value is -1.55. The average molecular weight is 248 g/mol. The first-order valence-electron chi connectivity index (χ1n) is 6.34. The molecule has 1 amide bonds. The molecule has 0 bridgehead atoms. The molecule has 1 aromatic rings. The molecule has 0 atom stereocenters. The molecule has 1 aromatic carbocycles. The number of carbonyl (C=O) groups is 1. The predicted molar refractivity (Wildman–Crippen MR) is 70.5 cm³/mol. The summed E-state index contributed by atoms with van der Waals surface area (Å²) in [5.74, 6) is -0.174. The molecule has 0 saturated heterocycles. The van der Waals surface area contributed by atoms with Crippen molar-refractivity contribution >= 4 is 5.91 Å². The quantitative estimate of drug-likeness (QED) is 0.740. The van der Waals surface area contributed by atoms with E-state index in [-0.39, 0.29) is 17.1 Å². The maximum Gasteiger partial charge on any atom is 0.255 e. The molecule has 0 heterocycles. The third-order valence-corrected chi connectivity index (χ3v) is 3.65. The van der Waals surface area contributed by atoms with Crippen molar-refractivity contribution in [2.75, 3.05) is 13.1 Å². The molecule has 0 aromatic heterocycles. The summed E-state index contributed by atoms with van der Waals surface area (Å²) in [6, 6.07) is 5.08. The van der Waals surface area contributed by atoms with Gasteiger partial charge in [0.2, 0.25) is 0 Å². The highest BCUT2D eigenvalue weighted by molar-refractivity contribution is 5.96. The van der Waals surface area contributed by atoms with Crippen LogP contribution in [-0.4, -0.2) is 24.1 Å². The zero-order chi connectivity index (χ0) is 13.2. The minimum atomic E-state index is -0.212. The highest BCUT2D eigenvalue weighted by Gasteiger charge is 2.41. The van der Waals surface area contributed by atoms with E-state index in [9.17, 15) is 9.90 Å². The van der Waals surface area contributed by atoms with E-state index >= 15 is 0 Å². The van der Waals surface area contributed by atoms with Crippen molar-refractivity contribution in [2.45, 2.75) is 26.2 Å². The standard InChI is InChI=1S/C14H20N2O2/c1-10-2-3-11(12(17)8-10)13(18)16-9-14(4-5-14)6-7-15/h2-3,8,17H,4-7,9,15H2,1H3,(H,16,18). The van der Waals surface area contributed by atoms with E-state index in [0.29, 0.717) is 18.7 Å². The van der Waals surface area contributed by atoms with Crippen molar-refractivity contribution in [3.63, 3.8) is 0 Å². The summed E-state index contributed by atoms with van der Waals surface area (Å²) >= 11 is 0. The molecule has 1 aliphatic carbocycles. The summed E-state index contributed by atoms with van der Waals surface area (Å²) in [5.41, 5.74) is 7.05. The molecule has 4 nitrogen and oxygen atoms in total. The first kappa shape index (κ1) is 12.9. The van der Waals surface area contributed by atoms with Gasteiger partial charge in [-0.2, -0.15) is 0 Å². The van der Waals surface area contributed by atoms with Gasteiger partial charge in [-0.1, -0.05) is 6.07 Å². The Morgan fingerprint density at radius 2 is 2.22 bits per heavy atom. The lowest BCUT2D eigenvalue weighted by molar-refractivity contribution is 0.0941. The molecular formula is C14H20N2O2. The summed E-state index contributed by atoms with van der Waals surface area (Å²) in [4.78, 5) is 12.0. The maximum absolute atomic E-state index is 12.0. The lowest BCUT2D eigenvalue weighted by Crippen LogP contribution is -2.31. The normalized spacial score (nSPS) is 16.3. The van der Waals surface area contributed by atoms with E-state index in [2.05, 4.69) is 5.32 Å². The van der Waals surface area contributed by atoms with Crippen LogP contribution in [0.15, 0.2) is 18.2 Å². The zero-order valence-corrected chi connectivity index (χ0v) is 10.7. The van der Waals surface area contributed by atoms with E-state index < -0.39 is 0 Å². The number of nitrogens with two attached hydrogens (primary N) is 1. The molecule has 1 fully saturated rings. The number of carbonyl (C=O) groups excluding carboxylic acids is 1. The number of aryl methyl sites for hydroxylation is 1. The van der Waals surface area contributed by atoms with Crippen LogP contribution in [-0.2, 0) is 0 Å². The van der Waals surface area contributed by atoms with Crippen LogP contribution in [0.5, 0.6) is 5.75 Å². The van der Waals surface area contributed by atoms with Crippen LogP contribution in [0.3, 0.4) is 0 Å². The highest BCUT2D eigenvalue weighted by atomic mass is 16.3. The van der Waals surface area contributed by atoms with Crippen LogP contribution in [0.1, 0.15) is 35.2 Å². The molecule has 0 spiro atoms. The molecule has 1 aliphatic rings. The number of hydrogen-bond donors (Lipinski definition) is 3. The van der Waals surface area contributed by atoms with E-state index in [0.717, 1.165) is 24.8 Å². The topological polar surface area (TPSA) is 75.4 Å². The number of phenols is 1. The van der Waals surface area contributed by atoms with Crippen LogP contribution in [0.2, 0.25) is 0 Å². The molecule has 4 heteroatoms. The number of benzene rings is 1. The lowest BCUT2D eigenvalue weighted by Gasteiger charge is -2.15. The van der Waals surface area contributed by atoms with Crippen molar-refractivity contribution in [1.82, 2.24) is 5.32 Å². The van der Waals surface area contributed by atoms with Gasteiger partial charge in [0.1, 0.15) is 5.75 Å². The van der Waals surface area contributed by atoms with Gasteiger partial charge in [0.25, 0.3) is 5.91 Å². The van der Waals surface area contributed by atoms with Gasteiger partial charge in [0.15, 0.2) is 0 Å². The van der Waals surface area contributed by atoms with Gasteiger partial charge in [0.05, 0.1) is 5.56 Å². The maximum atomic E-state index is 12.0. The van der Waals surface area contributed by atoms with Gasteiger partial charge in [-0.05, 0) is 55.8 Å². The Labute approximate surface area is 107 Å². The third kappa shape index (κ3) is 2.82. The molecule has 0 radical (unpaired) electrons. The Morgan fingerprint density at radius 3 is 2.78 bits per heavy atom. The van der Waals surface area contributed by atoms with E-state index in [1.165, 1.54) is 0 Å². The Kier molecular flexibility index (Phi) is 3.57. The first-order valence-corrected chi connectivity index (χ1v) is 6.34. The summed E-state index contributed by atoms with van der Waals surface area (Å²) < 4.78 is 0. The third-order valence-electron chi connectivity index (χ3n) is 3.65. The number of nitrogens with one attached hydrogen (secondary N) is 1. The van der Waals surface area contributed by atoms with Crippen LogP contribution in [0.25, 0.3) is 0 Å². The summed E-state index contributed by atoms with van der Waals surface area (Å²) in [6.45, 7) is 3.18. The fraction of sp³-hybridized carbons (Fsp3) is 0.500. The van der Waals surface area contributed by atoms with Crippen LogP contribution in [0, 0.1) is 12.3 Å². The largest absolute Gasteiger partial charge is 0.507 e. The smallest absolute Gasteiger partial charge is 0.255 e. The summed E-state index contributed by atoms with van der Waals surface area (Å²) in [7, 11) is 0. The summed E-state index contributed by atoms with van der Waals surface area (Å²) in [6.07, 6.45) is 3.21. The second-order valence-corrected chi connectivity index (χ2v) is 5.24. The van der Waals surface area contributed by atoms with Gasteiger partial charge >= 0.3 is 0 Å². The van der Waals surface area contributed by atoms with Gasteiger partial charge in [-0.25, -0.2) is 0 Å². The summed E-state index contributed by atoms with van der Waals surface area (Å²) in [5, 5.41) is 12.6. The minimum Gasteiger partial charge on any atom is -0.507 e. The molecular weight excluding hydrogens is 228 g/mol. The van der Waals surface area contributed by atoms with Crippen molar-refractivity contribution in [1.29, 1.82) is 0 Å². The predicted octanol–water partition coefficient (Wildman–Crippen LogP) is 1.56. The molecule has 4 N–H and O–H groups in total. The monoisotopic (exact) mass is 248 g/mol. The van der Waals surface area contributed by atoms with Gasteiger partial charge in [-0.15, -0.1) is 0 Å². The van der Waals surface area contributed by atoms with Crippen molar-refractivity contribution < 1.29 is 9.90 Å².